The van der Waals surface area contributed by atoms with Gasteiger partial charge >= 0.3 is 0 Å². The Balaban J connectivity index is 1.28. The first-order valence-electron chi connectivity index (χ1n) is 9.59. The molecule has 8 nitrogen and oxygen atoms in total. The monoisotopic (exact) mass is 472 g/mol. The van der Waals surface area contributed by atoms with Crippen molar-refractivity contribution in [1.82, 2.24) is 15.1 Å². The first-order chi connectivity index (χ1) is 14.5. The maximum Gasteiger partial charge on any atom is 0.255 e. The number of fused-ring (bicyclic) bond motifs is 1. The molecule has 0 bridgehead atoms. The molecule has 1 aromatic heterocycles. The zero-order valence-corrected chi connectivity index (χ0v) is 17.6. The highest BCUT2D eigenvalue weighted by Crippen LogP contribution is 2.22. The second-order valence-corrected chi connectivity index (χ2v) is 8.13. The Morgan fingerprint density at radius 2 is 2.10 bits per heavy atom. The number of benzene rings is 2. The molecule has 3 N–H and O–H groups in total. The summed E-state index contributed by atoms with van der Waals surface area (Å²) in [7, 11) is 0. The van der Waals surface area contributed by atoms with E-state index in [-0.39, 0.29) is 25.0 Å². The lowest BCUT2D eigenvalue weighted by Crippen LogP contribution is -2.41. The molecule has 1 aliphatic rings. The molecule has 2 atom stereocenters. The van der Waals surface area contributed by atoms with Gasteiger partial charge in [0, 0.05) is 28.6 Å². The van der Waals surface area contributed by atoms with E-state index in [2.05, 4.69) is 31.4 Å². The van der Waals surface area contributed by atoms with Crippen LogP contribution in [0.1, 0.15) is 6.42 Å². The molecule has 0 saturated carbocycles. The summed E-state index contributed by atoms with van der Waals surface area (Å²) in [4.78, 5) is 26.6. The Labute approximate surface area is 181 Å². The Kier molecular flexibility index (Phi) is 6.01. The quantitative estimate of drug-likeness (QED) is 0.510. The van der Waals surface area contributed by atoms with E-state index in [0.29, 0.717) is 24.4 Å². The van der Waals surface area contributed by atoms with E-state index < -0.39 is 12.0 Å². The van der Waals surface area contributed by atoms with Crippen molar-refractivity contribution in [3.05, 3.63) is 53.1 Å². The number of aromatic amines is 1. The summed E-state index contributed by atoms with van der Waals surface area (Å²) in [5.41, 5.74) is 1.58. The van der Waals surface area contributed by atoms with Gasteiger partial charge in [-0.1, -0.05) is 15.9 Å². The van der Waals surface area contributed by atoms with Crippen molar-refractivity contribution in [2.24, 2.45) is 5.92 Å². The molecule has 2 aromatic carbocycles. The van der Waals surface area contributed by atoms with E-state index >= 15 is 0 Å². The van der Waals surface area contributed by atoms with Gasteiger partial charge in [-0.15, -0.1) is 0 Å². The second kappa shape index (κ2) is 8.85. The predicted molar refractivity (Wildman–Crippen MR) is 115 cm³/mol. The first-order valence-corrected chi connectivity index (χ1v) is 10.4. The van der Waals surface area contributed by atoms with Gasteiger partial charge in [0.25, 0.3) is 5.91 Å². The maximum absolute atomic E-state index is 12.6. The topological polar surface area (TPSA) is 108 Å². The lowest BCUT2D eigenvalue weighted by molar-refractivity contribution is -0.140. The number of likely N-dealkylation sites (tertiary alicyclic amines) is 1. The number of hydrogen-bond donors (Lipinski definition) is 3. The molecule has 2 heterocycles. The first kappa shape index (κ1) is 20.4. The van der Waals surface area contributed by atoms with Crippen LogP contribution in [-0.2, 0) is 9.59 Å². The molecule has 1 fully saturated rings. The maximum atomic E-state index is 12.6. The molecular formula is C21H21BrN4O4. The number of nitrogens with one attached hydrogen (secondary N) is 2. The number of aliphatic hydroxyl groups is 1. The number of aromatic nitrogens is 2. The largest absolute Gasteiger partial charge is 0.490 e. The number of hydrogen-bond acceptors (Lipinski definition) is 5. The zero-order valence-electron chi connectivity index (χ0n) is 16.0. The fourth-order valence-corrected chi connectivity index (χ4v) is 3.69. The summed E-state index contributed by atoms with van der Waals surface area (Å²) in [5, 5.41) is 20.8. The van der Waals surface area contributed by atoms with Crippen LogP contribution < -0.4 is 10.1 Å². The minimum Gasteiger partial charge on any atom is -0.490 e. The van der Waals surface area contributed by atoms with E-state index in [1.54, 1.807) is 24.4 Å². The Morgan fingerprint density at radius 1 is 1.30 bits per heavy atom. The predicted octanol–water partition coefficient (Wildman–Crippen LogP) is 2.55. The molecule has 2 amide bonds. The highest BCUT2D eigenvalue weighted by molar-refractivity contribution is 9.10. The number of carbonyl (C=O) groups excluding carboxylic acids is 2. The lowest BCUT2D eigenvalue weighted by Gasteiger charge is -2.20. The van der Waals surface area contributed by atoms with Gasteiger partial charge in [0.1, 0.15) is 12.4 Å². The average molecular weight is 473 g/mol. The van der Waals surface area contributed by atoms with Gasteiger partial charge < -0.3 is 20.1 Å². The third-order valence-corrected chi connectivity index (χ3v) is 5.61. The van der Waals surface area contributed by atoms with E-state index in [1.807, 2.05) is 24.3 Å². The van der Waals surface area contributed by atoms with Gasteiger partial charge in [0.2, 0.25) is 5.91 Å². The molecule has 0 unspecified atom stereocenters. The molecule has 3 aromatic rings. The summed E-state index contributed by atoms with van der Waals surface area (Å²) in [6.07, 6.45) is 0.962. The number of halogens is 1. The summed E-state index contributed by atoms with van der Waals surface area (Å²) >= 11 is 3.34. The number of aliphatic hydroxyl groups excluding tert-OH is 1. The number of amides is 2. The number of H-pyrrole nitrogens is 1. The minimum atomic E-state index is -1.28. The van der Waals surface area contributed by atoms with Gasteiger partial charge in [-0.25, -0.2) is 0 Å². The van der Waals surface area contributed by atoms with Crippen molar-refractivity contribution in [1.29, 1.82) is 0 Å². The molecule has 30 heavy (non-hydrogen) atoms. The van der Waals surface area contributed by atoms with Gasteiger partial charge in [0.05, 0.1) is 17.6 Å². The molecule has 1 aliphatic heterocycles. The number of anilines is 1. The van der Waals surface area contributed by atoms with Crippen molar-refractivity contribution < 1.29 is 19.4 Å². The van der Waals surface area contributed by atoms with Gasteiger partial charge in [-0.2, -0.15) is 5.10 Å². The fraction of sp³-hybridized carbons (Fsp3) is 0.286. The standard InChI is InChI=1S/C21H21BrN4O4/c22-15-1-4-17(5-2-15)30-12-19(27)21(29)26-8-7-13(11-26)20(28)24-16-3-6-18-14(9-16)10-23-25-18/h1-6,9-10,13,19,27H,7-8,11-12H2,(H,23,25)(H,24,28)/t13-,19+/m1/s1. The van der Waals surface area contributed by atoms with Crippen molar-refractivity contribution in [3.63, 3.8) is 0 Å². The number of ether oxygens (including phenoxy) is 1. The Bertz CT molecular complexity index is 1050. The smallest absolute Gasteiger partial charge is 0.255 e. The summed E-state index contributed by atoms with van der Waals surface area (Å²) in [6.45, 7) is 0.555. The van der Waals surface area contributed by atoms with Crippen LogP contribution >= 0.6 is 15.9 Å². The highest BCUT2D eigenvalue weighted by Gasteiger charge is 2.33. The Morgan fingerprint density at radius 3 is 2.90 bits per heavy atom. The summed E-state index contributed by atoms with van der Waals surface area (Å²) in [5.74, 6) is -0.331. The molecule has 1 saturated heterocycles. The molecule has 0 spiro atoms. The fourth-order valence-electron chi connectivity index (χ4n) is 3.43. The zero-order chi connectivity index (χ0) is 21.1. The van der Waals surface area contributed by atoms with Crippen LogP contribution in [0.15, 0.2) is 53.1 Å². The summed E-state index contributed by atoms with van der Waals surface area (Å²) < 4.78 is 6.39. The third-order valence-electron chi connectivity index (χ3n) is 5.09. The number of carbonyl (C=O) groups is 2. The van der Waals surface area contributed by atoms with Crippen LogP contribution in [0.2, 0.25) is 0 Å². The van der Waals surface area contributed by atoms with E-state index in [9.17, 15) is 14.7 Å². The van der Waals surface area contributed by atoms with Gasteiger partial charge in [0.15, 0.2) is 6.10 Å². The SMILES string of the molecule is O=C(Nc1ccc2[nH]ncc2c1)[C@@H]1CCN(C(=O)[C@@H](O)COc2ccc(Br)cc2)C1. The number of nitrogens with zero attached hydrogens (tertiary/aromatic N) is 2. The molecule has 0 aliphatic carbocycles. The van der Waals surface area contributed by atoms with Crippen LogP contribution in [0.5, 0.6) is 5.75 Å². The molecule has 4 rings (SSSR count). The normalized spacial score (nSPS) is 17.1. The van der Waals surface area contributed by atoms with Crippen LogP contribution in [0.3, 0.4) is 0 Å². The van der Waals surface area contributed by atoms with E-state index in [1.165, 1.54) is 4.90 Å². The molecule has 156 valence electrons. The third kappa shape index (κ3) is 4.63. The summed E-state index contributed by atoms with van der Waals surface area (Å²) in [6, 6.07) is 12.6. The molecule has 0 radical (unpaired) electrons. The highest BCUT2D eigenvalue weighted by atomic mass is 79.9. The van der Waals surface area contributed by atoms with E-state index in [4.69, 9.17) is 4.74 Å². The average Bonchev–Trinajstić information content (AvgIpc) is 3.42. The van der Waals surface area contributed by atoms with Crippen LogP contribution in [-0.4, -0.2) is 57.8 Å². The van der Waals surface area contributed by atoms with Crippen molar-refractivity contribution in [2.75, 3.05) is 25.0 Å². The minimum absolute atomic E-state index is 0.140. The van der Waals surface area contributed by atoms with Crippen LogP contribution in [0, 0.1) is 5.92 Å². The van der Waals surface area contributed by atoms with Crippen LogP contribution in [0.25, 0.3) is 10.9 Å². The number of rotatable bonds is 6. The molecule has 9 heteroatoms. The Hall–Kier alpha value is -2.91. The van der Waals surface area contributed by atoms with Gasteiger partial charge in [-0.3, -0.25) is 14.7 Å². The van der Waals surface area contributed by atoms with Crippen molar-refractivity contribution in [2.45, 2.75) is 12.5 Å². The second-order valence-electron chi connectivity index (χ2n) is 7.21. The van der Waals surface area contributed by atoms with E-state index in [0.717, 1.165) is 15.4 Å². The molecular weight excluding hydrogens is 452 g/mol. The van der Waals surface area contributed by atoms with Crippen molar-refractivity contribution >= 4 is 44.3 Å². The lowest BCUT2D eigenvalue weighted by atomic mass is 10.1. The van der Waals surface area contributed by atoms with Crippen LogP contribution in [0.4, 0.5) is 5.69 Å². The van der Waals surface area contributed by atoms with Gasteiger partial charge in [-0.05, 0) is 48.9 Å². The van der Waals surface area contributed by atoms with Crippen molar-refractivity contribution in [3.8, 4) is 5.75 Å².